The molecule has 0 spiro atoms. The van der Waals surface area contributed by atoms with Crippen molar-refractivity contribution in [3.63, 3.8) is 0 Å². The molecule has 3 rings (SSSR count). The molecule has 2 heterocycles. The zero-order chi connectivity index (χ0) is 19.4. The molecule has 0 N–H and O–H groups in total. The molecule has 0 aliphatic carbocycles. The molecule has 1 aromatic heterocycles. The Bertz CT molecular complexity index is 836. The van der Waals surface area contributed by atoms with Crippen molar-refractivity contribution in [1.82, 2.24) is 9.80 Å². The second kappa shape index (κ2) is 8.07. The molecule has 142 valence electrons. The fourth-order valence-electron chi connectivity index (χ4n) is 3.13. The summed E-state index contributed by atoms with van der Waals surface area (Å²) in [4.78, 5) is 40.0. The number of ether oxygens (including phenoxy) is 1. The number of furan rings is 1. The Kier molecular flexibility index (Phi) is 5.59. The quantitative estimate of drug-likeness (QED) is 0.753. The maximum Gasteiger partial charge on any atom is 0.289 e. The minimum atomic E-state index is -0.164. The SMILES string of the molecule is COc1ccc(C(C)=O)cc1CC(=O)N1CCN(C(=O)c2ccco2)CC1. The first-order chi connectivity index (χ1) is 13.0. The zero-order valence-corrected chi connectivity index (χ0v) is 15.4. The van der Waals surface area contributed by atoms with Gasteiger partial charge in [-0.2, -0.15) is 0 Å². The van der Waals surface area contributed by atoms with Crippen molar-refractivity contribution in [2.45, 2.75) is 13.3 Å². The Balaban J connectivity index is 1.62. The number of hydrogen-bond acceptors (Lipinski definition) is 5. The number of methoxy groups -OCH3 is 1. The molecule has 2 aromatic rings. The third-order valence-electron chi connectivity index (χ3n) is 4.68. The fraction of sp³-hybridized carbons (Fsp3) is 0.350. The predicted molar refractivity (Wildman–Crippen MR) is 97.9 cm³/mol. The number of rotatable bonds is 5. The molecule has 0 unspecified atom stereocenters. The Morgan fingerprint density at radius 2 is 1.78 bits per heavy atom. The number of hydrogen-bond donors (Lipinski definition) is 0. The van der Waals surface area contributed by atoms with Gasteiger partial charge in [0.2, 0.25) is 5.91 Å². The molecule has 1 fully saturated rings. The summed E-state index contributed by atoms with van der Waals surface area (Å²) in [7, 11) is 1.54. The van der Waals surface area contributed by atoms with E-state index >= 15 is 0 Å². The van der Waals surface area contributed by atoms with Crippen LogP contribution in [0.5, 0.6) is 5.75 Å². The van der Waals surface area contributed by atoms with Gasteiger partial charge in [0.15, 0.2) is 11.5 Å². The normalized spacial score (nSPS) is 14.1. The molecular weight excluding hydrogens is 348 g/mol. The molecule has 0 bridgehead atoms. The van der Waals surface area contributed by atoms with E-state index in [2.05, 4.69) is 0 Å². The molecule has 7 heteroatoms. The summed E-state index contributed by atoms with van der Waals surface area (Å²) in [5, 5.41) is 0. The number of benzene rings is 1. The number of carbonyl (C=O) groups is 3. The van der Waals surface area contributed by atoms with Crippen LogP contribution in [0.25, 0.3) is 0 Å². The molecule has 27 heavy (non-hydrogen) atoms. The van der Waals surface area contributed by atoms with Gasteiger partial charge in [0.25, 0.3) is 5.91 Å². The average molecular weight is 370 g/mol. The van der Waals surface area contributed by atoms with E-state index in [0.717, 1.165) is 0 Å². The average Bonchev–Trinajstić information content (AvgIpc) is 3.22. The van der Waals surface area contributed by atoms with Gasteiger partial charge in [0.05, 0.1) is 19.8 Å². The molecule has 1 saturated heterocycles. The third kappa shape index (κ3) is 4.19. The number of Topliss-reactive ketones (excluding diaryl/α,β-unsaturated/α-hetero) is 1. The molecule has 1 aliphatic heterocycles. The van der Waals surface area contributed by atoms with Gasteiger partial charge in [-0.25, -0.2) is 0 Å². The van der Waals surface area contributed by atoms with E-state index in [0.29, 0.717) is 48.8 Å². The second-order valence-corrected chi connectivity index (χ2v) is 6.41. The van der Waals surface area contributed by atoms with Crippen LogP contribution < -0.4 is 4.74 Å². The number of carbonyl (C=O) groups excluding carboxylic acids is 3. The number of amides is 2. The number of ketones is 1. The first-order valence-electron chi connectivity index (χ1n) is 8.78. The largest absolute Gasteiger partial charge is 0.496 e. The van der Waals surface area contributed by atoms with Crippen molar-refractivity contribution in [2.24, 2.45) is 0 Å². The third-order valence-corrected chi connectivity index (χ3v) is 4.68. The first kappa shape index (κ1) is 18.7. The van der Waals surface area contributed by atoms with Gasteiger partial charge < -0.3 is 19.0 Å². The van der Waals surface area contributed by atoms with Crippen LogP contribution in [0.4, 0.5) is 0 Å². The van der Waals surface area contributed by atoms with Crippen LogP contribution in [0, 0.1) is 0 Å². The van der Waals surface area contributed by atoms with E-state index in [4.69, 9.17) is 9.15 Å². The first-order valence-corrected chi connectivity index (χ1v) is 8.78. The molecular formula is C20H22N2O5. The zero-order valence-electron chi connectivity index (χ0n) is 15.4. The van der Waals surface area contributed by atoms with Crippen LogP contribution in [0.3, 0.4) is 0 Å². The molecule has 1 aliphatic rings. The van der Waals surface area contributed by atoms with Crippen LogP contribution in [-0.2, 0) is 11.2 Å². The Morgan fingerprint density at radius 3 is 2.37 bits per heavy atom. The van der Waals surface area contributed by atoms with Crippen molar-refractivity contribution in [3.05, 3.63) is 53.5 Å². The highest BCUT2D eigenvalue weighted by atomic mass is 16.5. The van der Waals surface area contributed by atoms with E-state index in [-0.39, 0.29) is 24.0 Å². The molecule has 1 aromatic carbocycles. The summed E-state index contributed by atoms with van der Waals surface area (Å²) < 4.78 is 10.5. The minimum Gasteiger partial charge on any atom is -0.496 e. The summed E-state index contributed by atoms with van der Waals surface area (Å²) >= 11 is 0. The van der Waals surface area contributed by atoms with E-state index in [1.807, 2.05) is 0 Å². The highest BCUT2D eigenvalue weighted by Gasteiger charge is 2.26. The van der Waals surface area contributed by atoms with Crippen LogP contribution in [0.15, 0.2) is 41.0 Å². The van der Waals surface area contributed by atoms with Crippen molar-refractivity contribution >= 4 is 17.6 Å². The van der Waals surface area contributed by atoms with Gasteiger partial charge >= 0.3 is 0 Å². The summed E-state index contributed by atoms with van der Waals surface area (Å²) in [5.74, 6) is 0.610. The molecule has 7 nitrogen and oxygen atoms in total. The maximum absolute atomic E-state index is 12.7. The predicted octanol–water partition coefficient (Wildman–Crippen LogP) is 2.02. The highest BCUT2D eigenvalue weighted by Crippen LogP contribution is 2.22. The Morgan fingerprint density at radius 1 is 1.07 bits per heavy atom. The van der Waals surface area contributed by atoms with Gasteiger partial charge in [-0.1, -0.05) is 0 Å². The molecule has 2 amide bonds. The summed E-state index contributed by atoms with van der Waals surface area (Å²) in [5.41, 5.74) is 1.23. The van der Waals surface area contributed by atoms with Gasteiger partial charge in [-0.3, -0.25) is 14.4 Å². The molecule has 0 atom stereocenters. The van der Waals surface area contributed by atoms with Gasteiger partial charge in [-0.05, 0) is 37.3 Å². The summed E-state index contributed by atoms with van der Waals surface area (Å²) in [6, 6.07) is 8.41. The smallest absolute Gasteiger partial charge is 0.289 e. The van der Waals surface area contributed by atoms with Crippen LogP contribution in [0.1, 0.15) is 33.4 Å². The van der Waals surface area contributed by atoms with Crippen LogP contribution >= 0.6 is 0 Å². The van der Waals surface area contributed by atoms with E-state index in [9.17, 15) is 14.4 Å². The van der Waals surface area contributed by atoms with Gasteiger partial charge in [-0.15, -0.1) is 0 Å². The summed E-state index contributed by atoms with van der Waals surface area (Å²) in [6.07, 6.45) is 1.62. The van der Waals surface area contributed by atoms with Gasteiger partial charge in [0, 0.05) is 37.3 Å². The lowest BCUT2D eigenvalue weighted by Gasteiger charge is -2.34. The molecule has 0 radical (unpaired) electrons. The Hall–Kier alpha value is -3.09. The maximum atomic E-state index is 12.7. The standard InChI is InChI=1S/C20H22N2O5/c1-14(23)15-5-6-17(26-2)16(12-15)13-19(24)21-7-9-22(10-8-21)20(25)18-4-3-11-27-18/h3-6,11-12H,7-10,13H2,1-2H3. The van der Waals surface area contributed by atoms with Crippen molar-refractivity contribution in [1.29, 1.82) is 0 Å². The van der Waals surface area contributed by atoms with Crippen molar-refractivity contribution in [3.8, 4) is 5.75 Å². The monoisotopic (exact) mass is 370 g/mol. The Labute approximate surface area is 157 Å². The van der Waals surface area contributed by atoms with Crippen LogP contribution in [0.2, 0.25) is 0 Å². The lowest BCUT2D eigenvalue weighted by Crippen LogP contribution is -2.50. The van der Waals surface area contributed by atoms with Crippen molar-refractivity contribution in [2.75, 3.05) is 33.3 Å². The summed E-state index contributed by atoms with van der Waals surface area (Å²) in [6.45, 7) is 3.31. The molecule has 0 saturated carbocycles. The lowest BCUT2D eigenvalue weighted by atomic mass is 10.0. The van der Waals surface area contributed by atoms with E-state index in [1.165, 1.54) is 20.3 Å². The van der Waals surface area contributed by atoms with Crippen molar-refractivity contribution < 1.29 is 23.5 Å². The second-order valence-electron chi connectivity index (χ2n) is 6.41. The van der Waals surface area contributed by atoms with Crippen LogP contribution in [-0.4, -0.2) is 60.7 Å². The van der Waals surface area contributed by atoms with E-state index in [1.54, 1.807) is 40.1 Å². The lowest BCUT2D eigenvalue weighted by molar-refractivity contribution is -0.131. The highest BCUT2D eigenvalue weighted by molar-refractivity contribution is 5.95. The van der Waals surface area contributed by atoms with E-state index < -0.39 is 0 Å². The topological polar surface area (TPSA) is 80.1 Å². The van der Waals surface area contributed by atoms with Gasteiger partial charge in [0.1, 0.15) is 5.75 Å². The minimum absolute atomic E-state index is 0.0564. The number of nitrogens with zero attached hydrogens (tertiary/aromatic N) is 2. The fourth-order valence-corrected chi connectivity index (χ4v) is 3.13. The number of piperazine rings is 1.